The van der Waals surface area contributed by atoms with Crippen LogP contribution in [0.3, 0.4) is 0 Å². The first-order chi connectivity index (χ1) is 6.61. The highest BCUT2D eigenvalue weighted by Gasteiger charge is 1.96. The highest BCUT2D eigenvalue weighted by Crippen LogP contribution is 2.15. The van der Waals surface area contributed by atoms with Gasteiger partial charge in [0.2, 0.25) is 0 Å². The Morgan fingerprint density at radius 1 is 1.29 bits per heavy atom. The molecule has 0 heterocycles. The van der Waals surface area contributed by atoms with Gasteiger partial charge in [0.1, 0.15) is 6.29 Å². The number of benzene rings is 1. The Labute approximate surface area is 85.6 Å². The molecule has 0 aromatic heterocycles. The van der Waals surface area contributed by atoms with Gasteiger partial charge >= 0.3 is 5.97 Å². The predicted molar refractivity (Wildman–Crippen MR) is 53.5 cm³/mol. The minimum Gasteiger partial charge on any atom is -0.478 e. The van der Waals surface area contributed by atoms with Crippen LogP contribution in [-0.2, 0) is 4.79 Å². The third kappa shape index (κ3) is 3.03. The monoisotopic (exact) mass is 210 g/mol. The lowest BCUT2D eigenvalue weighted by Crippen LogP contribution is -1.87. The molecule has 0 aliphatic heterocycles. The van der Waals surface area contributed by atoms with Crippen LogP contribution in [0.15, 0.2) is 24.3 Å². The third-order valence-electron chi connectivity index (χ3n) is 1.50. The number of halogens is 1. The number of hydrogen-bond donors (Lipinski definition) is 1. The van der Waals surface area contributed by atoms with E-state index < -0.39 is 5.97 Å². The van der Waals surface area contributed by atoms with Gasteiger partial charge in [-0.2, -0.15) is 0 Å². The summed E-state index contributed by atoms with van der Waals surface area (Å²) >= 11 is 5.70. The van der Waals surface area contributed by atoms with Crippen LogP contribution in [0.2, 0.25) is 5.02 Å². The molecule has 0 atom stereocenters. The van der Waals surface area contributed by atoms with E-state index in [9.17, 15) is 9.59 Å². The SMILES string of the molecule is O=Cc1cc(Cl)cc(C=CC(=O)O)c1. The van der Waals surface area contributed by atoms with Crippen molar-refractivity contribution in [3.05, 3.63) is 40.4 Å². The minimum atomic E-state index is -1.04. The van der Waals surface area contributed by atoms with Crippen molar-refractivity contribution in [3.8, 4) is 0 Å². The largest absolute Gasteiger partial charge is 0.478 e. The van der Waals surface area contributed by atoms with Crippen LogP contribution in [0, 0.1) is 0 Å². The highest BCUT2D eigenvalue weighted by atomic mass is 35.5. The number of aldehydes is 1. The molecular formula is C10H7ClO3. The Bertz CT molecular complexity index is 396. The number of hydrogen-bond acceptors (Lipinski definition) is 2. The molecule has 1 aromatic rings. The number of carbonyl (C=O) groups is 2. The van der Waals surface area contributed by atoms with Crippen LogP contribution >= 0.6 is 11.6 Å². The average Bonchev–Trinajstić information content (AvgIpc) is 2.14. The van der Waals surface area contributed by atoms with Crippen molar-refractivity contribution >= 4 is 29.9 Å². The van der Waals surface area contributed by atoms with Gasteiger partial charge in [0.25, 0.3) is 0 Å². The second-order valence-corrected chi connectivity index (χ2v) is 3.04. The fraction of sp³-hybridized carbons (Fsp3) is 0. The van der Waals surface area contributed by atoms with Gasteiger partial charge in [-0.25, -0.2) is 4.79 Å². The Hall–Kier alpha value is -1.61. The van der Waals surface area contributed by atoms with Crippen LogP contribution in [0.25, 0.3) is 6.08 Å². The Kier molecular flexibility index (Phi) is 3.42. The van der Waals surface area contributed by atoms with Gasteiger partial charge in [0.15, 0.2) is 0 Å². The first kappa shape index (κ1) is 10.5. The lowest BCUT2D eigenvalue weighted by Gasteiger charge is -1.96. The summed E-state index contributed by atoms with van der Waals surface area (Å²) in [6.07, 6.45) is 3.02. The highest BCUT2D eigenvalue weighted by molar-refractivity contribution is 6.31. The van der Waals surface area contributed by atoms with Crippen molar-refractivity contribution in [3.63, 3.8) is 0 Å². The van der Waals surface area contributed by atoms with Gasteiger partial charge in [-0.1, -0.05) is 11.6 Å². The molecule has 4 heteroatoms. The summed E-state index contributed by atoms with van der Waals surface area (Å²) in [5.41, 5.74) is 1.00. The van der Waals surface area contributed by atoms with E-state index in [0.29, 0.717) is 22.4 Å². The normalized spacial score (nSPS) is 10.4. The molecule has 0 radical (unpaired) electrons. The summed E-state index contributed by atoms with van der Waals surface area (Å²) in [5, 5.41) is 8.78. The molecule has 1 rings (SSSR count). The Balaban J connectivity index is 3.03. The number of rotatable bonds is 3. The van der Waals surface area contributed by atoms with E-state index in [2.05, 4.69) is 0 Å². The van der Waals surface area contributed by atoms with Crippen LogP contribution < -0.4 is 0 Å². The fourth-order valence-electron chi connectivity index (χ4n) is 0.968. The summed E-state index contributed by atoms with van der Waals surface area (Å²) < 4.78 is 0. The summed E-state index contributed by atoms with van der Waals surface area (Å²) in [5.74, 6) is -1.04. The van der Waals surface area contributed by atoms with E-state index in [1.54, 1.807) is 12.1 Å². The van der Waals surface area contributed by atoms with Crippen molar-refractivity contribution in [2.24, 2.45) is 0 Å². The lowest BCUT2D eigenvalue weighted by molar-refractivity contribution is -0.131. The van der Waals surface area contributed by atoms with E-state index in [4.69, 9.17) is 16.7 Å². The van der Waals surface area contributed by atoms with E-state index in [0.717, 1.165) is 6.08 Å². The molecule has 0 saturated heterocycles. The second-order valence-electron chi connectivity index (χ2n) is 2.61. The average molecular weight is 211 g/mol. The van der Waals surface area contributed by atoms with E-state index in [1.807, 2.05) is 0 Å². The van der Waals surface area contributed by atoms with Crippen LogP contribution in [-0.4, -0.2) is 17.4 Å². The van der Waals surface area contributed by atoms with Crippen LogP contribution in [0.5, 0.6) is 0 Å². The number of carboxylic acids is 1. The zero-order valence-electron chi connectivity index (χ0n) is 7.11. The van der Waals surface area contributed by atoms with Gasteiger partial charge in [-0.3, -0.25) is 4.79 Å². The first-order valence-corrected chi connectivity index (χ1v) is 4.16. The molecule has 0 aliphatic rings. The zero-order chi connectivity index (χ0) is 10.6. The maximum Gasteiger partial charge on any atom is 0.328 e. The van der Waals surface area contributed by atoms with Crippen molar-refractivity contribution in [1.29, 1.82) is 0 Å². The molecule has 1 N–H and O–H groups in total. The molecule has 0 fully saturated rings. The van der Waals surface area contributed by atoms with E-state index >= 15 is 0 Å². The molecule has 0 aliphatic carbocycles. The van der Waals surface area contributed by atoms with E-state index in [1.165, 1.54) is 12.1 Å². The van der Waals surface area contributed by atoms with Crippen molar-refractivity contribution in [2.75, 3.05) is 0 Å². The number of carboxylic acid groups (broad SMARTS) is 1. The Morgan fingerprint density at radius 2 is 1.93 bits per heavy atom. The van der Waals surface area contributed by atoms with Crippen molar-refractivity contribution in [2.45, 2.75) is 0 Å². The lowest BCUT2D eigenvalue weighted by atomic mass is 10.1. The predicted octanol–water partition coefficient (Wildman–Crippen LogP) is 2.25. The van der Waals surface area contributed by atoms with Crippen LogP contribution in [0.4, 0.5) is 0 Å². The maximum absolute atomic E-state index is 10.5. The quantitative estimate of drug-likeness (QED) is 0.615. The van der Waals surface area contributed by atoms with Gasteiger partial charge < -0.3 is 5.11 Å². The number of aliphatic carboxylic acids is 1. The molecule has 3 nitrogen and oxygen atoms in total. The molecule has 0 bridgehead atoms. The summed E-state index contributed by atoms with van der Waals surface area (Å²) in [6.45, 7) is 0. The smallest absolute Gasteiger partial charge is 0.328 e. The molecule has 0 saturated carbocycles. The molecule has 14 heavy (non-hydrogen) atoms. The Morgan fingerprint density at radius 3 is 2.50 bits per heavy atom. The van der Waals surface area contributed by atoms with Gasteiger partial charge in [0, 0.05) is 16.7 Å². The van der Waals surface area contributed by atoms with Gasteiger partial charge in [-0.05, 0) is 29.8 Å². The summed E-state index contributed by atoms with van der Waals surface area (Å²) in [7, 11) is 0. The summed E-state index contributed by atoms with van der Waals surface area (Å²) in [6, 6.07) is 4.64. The molecular weight excluding hydrogens is 204 g/mol. The molecule has 72 valence electrons. The second kappa shape index (κ2) is 4.58. The minimum absolute atomic E-state index is 0.402. The van der Waals surface area contributed by atoms with Gasteiger partial charge in [-0.15, -0.1) is 0 Å². The standard InChI is InChI=1S/C10H7ClO3/c11-9-4-7(1-2-10(13)14)3-8(5-9)6-12/h1-6H,(H,13,14). The maximum atomic E-state index is 10.5. The van der Waals surface area contributed by atoms with Crippen molar-refractivity contribution in [1.82, 2.24) is 0 Å². The van der Waals surface area contributed by atoms with E-state index in [-0.39, 0.29) is 0 Å². The number of carbonyl (C=O) groups excluding carboxylic acids is 1. The molecule has 1 aromatic carbocycles. The third-order valence-corrected chi connectivity index (χ3v) is 1.72. The summed E-state index contributed by atoms with van der Waals surface area (Å²) in [4.78, 5) is 20.7. The zero-order valence-corrected chi connectivity index (χ0v) is 7.86. The molecule has 0 spiro atoms. The van der Waals surface area contributed by atoms with Gasteiger partial charge in [0.05, 0.1) is 0 Å². The van der Waals surface area contributed by atoms with Crippen molar-refractivity contribution < 1.29 is 14.7 Å². The topological polar surface area (TPSA) is 54.4 Å². The van der Waals surface area contributed by atoms with Crippen LogP contribution in [0.1, 0.15) is 15.9 Å². The fourth-order valence-corrected chi connectivity index (χ4v) is 1.22. The molecule has 0 amide bonds. The molecule has 0 unspecified atom stereocenters. The first-order valence-electron chi connectivity index (χ1n) is 3.78.